The van der Waals surface area contributed by atoms with Crippen molar-refractivity contribution in [1.82, 2.24) is 9.88 Å². The fraction of sp³-hybridized carbons (Fsp3) is 0.364. The van der Waals surface area contributed by atoms with Crippen LogP contribution in [0.15, 0.2) is 18.5 Å². The number of carboxylic acid groups (broad SMARTS) is 1. The molecule has 1 aromatic rings. The Bertz CT molecular complexity index is 432. The average Bonchev–Trinajstić information content (AvgIpc) is 2.28. The number of carbonyl (C=O) groups excluding carboxylic acids is 1. The lowest BCUT2D eigenvalue weighted by atomic mass is 10.2. The number of amides is 1. The van der Waals surface area contributed by atoms with Crippen LogP contribution in [-0.2, 0) is 4.79 Å². The molecule has 0 aromatic carbocycles. The molecular weight excluding hydrogens is 222 g/mol. The maximum Gasteiger partial charge on any atom is 0.337 e. The van der Waals surface area contributed by atoms with E-state index >= 15 is 0 Å². The zero-order chi connectivity index (χ0) is 13.0. The minimum absolute atomic E-state index is 0.0957. The number of carboxylic acids is 1. The number of hydrogen-bond acceptors (Lipinski definition) is 4. The third kappa shape index (κ3) is 3.17. The van der Waals surface area contributed by atoms with Crippen LogP contribution in [0.25, 0.3) is 0 Å². The second kappa shape index (κ2) is 5.29. The summed E-state index contributed by atoms with van der Waals surface area (Å²) in [6.07, 6.45) is 2.79. The molecule has 0 saturated carbocycles. The molecule has 92 valence electrons. The van der Waals surface area contributed by atoms with E-state index in [1.165, 1.54) is 23.4 Å². The number of rotatable bonds is 4. The van der Waals surface area contributed by atoms with E-state index in [0.29, 0.717) is 5.69 Å². The van der Waals surface area contributed by atoms with Crippen LogP contribution in [0.5, 0.6) is 0 Å². The highest BCUT2D eigenvalue weighted by molar-refractivity contribution is 5.95. The van der Waals surface area contributed by atoms with Gasteiger partial charge in [0.2, 0.25) is 5.91 Å². The zero-order valence-electron chi connectivity index (χ0n) is 9.97. The van der Waals surface area contributed by atoms with Crippen molar-refractivity contribution in [3.8, 4) is 0 Å². The molecule has 6 nitrogen and oxygen atoms in total. The lowest BCUT2D eigenvalue weighted by molar-refractivity contribution is -0.129. The van der Waals surface area contributed by atoms with Gasteiger partial charge in [0.05, 0.1) is 17.4 Å². The van der Waals surface area contributed by atoms with Crippen LogP contribution >= 0.6 is 0 Å². The van der Waals surface area contributed by atoms with Gasteiger partial charge in [0, 0.05) is 20.3 Å². The Kier molecular flexibility index (Phi) is 4.03. The average molecular weight is 237 g/mol. The first kappa shape index (κ1) is 13.0. The van der Waals surface area contributed by atoms with Gasteiger partial charge in [-0.05, 0) is 13.0 Å². The van der Waals surface area contributed by atoms with Gasteiger partial charge in [-0.15, -0.1) is 0 Å². The molecule has 0 aliphatic rings. The molecular formula is C11H15N3O3. The Morgan fingerprint density at radius 2 is 2.12 bits per heavy atom. The molecule has 0 spiro atoms. The number of nitrogens with one attached hydrogen (secondary N) is 1. The van der Waals surface area contributed by atoms with E-state index in [9.17, 15) is 9.59 Å². The lowest BCUT2D eigenvalue weighted by Gasteiger charge is -2.19. The van der Waals surface area contributed by atoms with Gasteiger partial charge in [-0.2, -0.15) is 0 Å². The van der Waals surface area contributed by atoms with Crippen molar-refractivity contribution in [2.45, 2.75) is 13.0 Å². The predicted molar refractivity (Wildman–Crippen MR) is 63.0 cm³/mol. The number of aromatic carboxylic acids is 1. The number of hydrogen-bond donors (Lipinski definition) is 2. The van der Waals surface area contributed by atoms with Gasteiger partial charge in [-0.1, -0.05) is 0 Å². The van der Waals surface area contributed by atoms with E-state index in [4.69, 9.17) is 5.11 Å². The molecule has 1 aromatic heterocycles. The summed E-state index contributed by atoms with van der Waals surface area (Å²) in [6, 6.07) is 0.879. The normalized spacial score (nSPS) is 11.7. The monoisotopic (exact) mass is 237 g/mol. The number of nitrogens with zero attached hydrogens (tertiary/aromatic N) is 2. The van der Waals surface area contributed by atoms with Crippen molar-refractivity contribution in [1.29, 1.82) is 0 Å². The molecule has 0 fully saturated rings. The van der Waals surface area contributed by atoms with E-state index in [1.54, 1.807) is 21.0 Å². The summed E-state index contributed by atoms with van der Waals surface area (Å²) in [4.78, 5) is 27.8. The minimum Gasteiger partial charge on any atom is -0.478 e. The fourth-order valence-electron chi connectivity index (χ4n) is 1.38. The first-order chi connectivity index (χ1) is 7.93. The highest BCUT2D eigenvalue weighted by Gasteiger charge is 2.17. The van der Waals surface area contributed by atoms with Crippen molar-refractivity contribution in [3.05, 3.63) is 24.0 Å². The fourth-order valence-corrected chi connectivity index (χ4v) is 1.38. The van der Waals surface area contributed by atoms with Gasteiger partial charge in [0.25, 0.3) is 0 Å². The SMILES string of the molecule is CC(Nc1cnccc1C(=O)O)C(=O)N(C)C. The lowest BCUT2D eigenvalue weighted by Crippen LogP contribution is -2.37. The van der Waals surface area contributed by atoms with Crippen LogP contribution in [0, 0.1) is 0 Å². The number of anilines is 1. The second-order valence-corrected chi connectivity index (χ2v) is 3.83. The van der Waals surface area contributed by atoms with Crippen LogP contribution in [0.1, 0.15) is 17.3 Å². The van der Waals surface area contributed by atoms with Gasteiger partial charge in [0.1, 0.15) is 6.04 Å². The standard InChI is InChI=1S/C11H15N3O3/c1-7(10(15)14(2)3)13-9-6-12-5-4-8(9)11(16)17/h4-7,13H,1-3H3,(H,16,17). The number of pyridine rings is 1. The van der Waals surface area contributed by atoms with Crippen molar-refractivity contribution < 1.29 is 14.7 Å². The topological polar surface area (TPSA) is 82.5 Å². The number of carbonyl (C=O) groups is 2. The Morgan fingerprint density at radius 3 is 2.65 bits per heavy atom. The summed E-state index contributed by atoms with van der Waals surface area (Å²) in [6.45, 7) is 1.67. The molecule has 6 heteroatoms. The molecule has 1 atom stereocenters. The summed E-state index contributed by atoms with van der Waals surface area (Å²) in [7, 11) is 3.28. The highest BCUT2D eigenvalue weighted by atomic mass is 16.4. The summed E-state index contributed by atoms with van der Waals surface area (Å²) < 4.78 is 0. The van der Waals surface area contributed by atoms with Crippen LogP contribution in [0.3, 0.4) is 0 Å². The largest absolute Gasteiger partial charge is 0.478 e. The molecule has 0 aliphatic carbocycles. The highest BCUT2D eigenvalue weighted by Crippen LogP contribution is 2.14. The Balaban J connectivity index is 2.88. The molecule has 17 heavy (non-hydrogen) atoms. The summed E-state index contributed by atoms with van der Waals surface area (Å²) in [5, 5.41) is 11.8. The van der Waals surface area contributed by atoms with Crippen LogP contribution in [0.2, 0.25) is 0 Å². The van der Waals surface area contributed by atoms with Crippen LogP contribution in [0.4, 0.5) is 5.69 Å². The number of likely N-dealkylation sites (N-methyl/N-ethyl adjacent to an activating group) is 1. The van der Waals surface area contributed by atoms with Crippen molar-refractivity contribution >= 4 is 17.6 Å². The molecule has 1 rings (SSSR count). The summed E-state index contributed by atoms with van der Waals surface area (Å²) in [5.74, 6) is -1.19. The molecule has 0 aliphatic heterocycles. The van der Waals surface area contributed by atoms with Gasteiger partial charge < -0.3 is 15.3 Å². The smallest absolute Gasteiger partial charge is 0.337 e. The van der Waals surface area contributed by atoms with Crippen LogP contribution in [-0.4, -0.2) is 47.0 Å². The molecule has 2 N–H and O–H groups in total. The predicted octanol–water partition coefficient (Wildman–Crippen LogP) is 0.668. The molecule has 0 radical (unpaired) electrons. The van der Waals surface area contributed by atoms with E-state index < -0.39 is 12.0 Å². The van der Waals surface area contributed by atoms with E-state index in [-0.39, 0.29) is 11.5 Å². The molecule has 1 amide bonds. The third-order valence-electron chi connectivity index (χ3n) is 2.23. The van der Waals surface area contributed by atoms with E-state index in [0.717, 1.165) is 0 Å². The zero-order valence-corrected chi connectivity index (χ0v) is 9.97. The van der Waals surface area contributed by atoms with Gasteiger partial charge in [-0.3, -0.25) is 9.78 Å². The third-order valence-corrected chi connectivity index (χ3v) is 2.23. The Labute approximate surface area is 99.3 Å². The number of aromatic nitrogens is 1. The van der Waals surface area contributed by atoms with Crippen LogP contribution < -0.4 is 5.32 Å². The molecule has 0 saturated heterocycles. The maximum atomic E-state index is 11.6. The Hall–Kier alpha value is -2.11. The van der Waals surface area contributed by atoms with E-state index in [2.05, 4.69) is 10.3 Å². The second-order valence-electron chi connectivity index (χ2n) is 3.83. The van der Waals surface area contributed by atoms with Gasteiger partial charge >= 0.3 is 5.97 Å². The summed E-state index contributed by atoms with van der Waals surface area (Å²) >= 11 is 0. The first-order valence-corrected chi connectivity index (χ1v) is 5.08. The van der Waals surface area contributed by atoms with Gasteiger partial charge in [-0.25, -0.2) is 4.79 Å². The minimum atomic E-state index is -1.06. The molecule has 0 bridgehead atoms. The van der Waals surface area contributed by atoms with Crippen molar-refractivity contribution in [2.24, 2.45) is 0 Å². The molecule has 1 heterocycles. The van der Waals surface area contributed by atoms with Crippen molar-refractivity contribution in [3.63, 3.8) is 0 Å². The Morgan fingerprint density at radius 1 is 1.47 bits per heavy atom. The van der Waals surface area contributed by atoms with Crippen molar-refractivity contribution in [2.75, 3.05) is 19.4 Å². The maximum absolute atomic E-state index is 11.6. The van der Waals surface area contributed by atoms with Gasteiger partial charge in [0.15, 0.2) is 0 Å². The first-order valence-electron chi connectivity index (χ1n) is 5.08. The molecule has 1 unspecified atom stereocenters. The van der Waals surface area contributed by atoms with E-state index in [1.807, 2.05) is 0 Å². The summed E-state index contributed by atoms with van der Waals surface area (Å²) in [5.41, 5.74) is 0.432. The quantitative estimate of drug-likeness (QED) is 0.804.